The molecule has 6 nitrogen and oxygen atoms in total. The van der Waals surface area contributed by atoms with Crippen LogP contribution in [0.5, 0.6) is 0 Å². The van der Waals surface area contributed by atoms with Crippen molar-refractivity contribution in [3.63, 3.8) is 0 Å². The van der Waals surface area contributed by atoms with Crippen LogP contribution in [0.4, 0.5) is 0 Å². The van der Waals surface area contributed by atoms with Gasteiger partial charge in [0.15, 0.2) is 5.16 Å². The molecule has 0 radical (unpaired) electrons. The van der Waals surface area contributed by atoms with E-state index in [4.69, 9.17) is 10.7 Å². The fourth-order valence-electron chi connectivity index (χ4n) is 3.90. The molecule has 1 aromatic heterocycles. The number of rotatable bonds is 7. The van der Waals surface area contributed by atoms with E-state index in [1.54, 1.807) is 0 Å². The van der Waals surface area contributed by atoms with Gasteiger partial charge in [-0.25, -0.2) is 4.98 Å². The molecule has 2 aromatic carbocycles. The summed E-state index contributed by atoms with van der Waals surface area (Å²) in [5.74, 6) is 0.0627. The zero-order valence-corrected chi connectivity index (χ0v) is 17.7. The van der Waals surface area contributed by atoms with Gasteiger partial charge in [0.1, 0.15) is 0 Å². The number of carbonyl (C=O) groups is 2. The highest BCUT2D eigenvalue weighted by molar-refractivity contribution is 7.99. The maximum atomic E-state index is 12.7. The minimum atomic E-state index is -0.261. The normalized spacial score (nSPS) is 14.9. The van der Waals surface area contributed by atoms with Crippen LogP contribution in [0.3, 0.4) is 0 Å². The van der Waals surface area contributed by atoms with Crippen molar-refractivity contribution in [1.29, 1.82) is 0 Å². The quantitative estimate of drug-likeness (QED) is 0.593. The third-order valence-electron chi connectivity index (χ3n) is 5.66. The lowest BCUT2D eigenvalue weighted by Crippen LogP contribution is -2.42. The van der Waals surface area contributed by atoms with Crippen LogP contribution in [0.15, 0.2) is 59.8 Å². The van der Waals surface area contributed by atoms with Crippen molar-refractivity contribution in [1.82, 2.24) is 14.5 Å². The van der Waals surface area contributed by atoms with E-state index in [1.807, 2.05) is 29.2 Å². The third kappa shape index (κ3) is 4.67. The Morgan fingerprint density at radius 2 is 1.73 bits per heavy atom. The third-order valence-corrected chi connectivity index (χ3v) is 6.62. The number of likely N-dealkylation sites (tertiary alicyclic amines) is 1. The number of nitrogens with zero attached hydrogens (tertiary/aromatic N) is 3. The van der Waals surface area contributed by atoms with E-state index in [1.165, 1.54) is 17.3 Å². The first kappa shape index (κ1) is 20.5. The van der Waals surface area contributed by atoms with Crippen LogP contribution in [0.25, 0.3) is 11.0 Å². The second-order valence-electron chi connectivity index (χ2n) is 7.62. The monoisotopic (exact) mass is 422 g/mol. The van der Waals surface area contributed by atoms with E-state index in [-0.39, 0.29) is 17.7 Å². The zero-order valence-electron chi connectivity index (χ0n) is 16.9. The molecule has 0 unspecified atom stereocenters. The molecule has 2 N–H and O–H groups in total. The second-order valence-corrected chi connectivity index (χ2v) is 8.56. The first-order chi connectivity index (χ1) is 14.6. The highest BCUT2D eigenvalue weighted by atomic mass is 32.2. The molecule has 30 heavy (non-hydrogen) atoms. The van der Waals surface area contributed by atoms with E-state index in [0.29, 0.717) is 31.7 Å². The number of carbonyl (C=O) groups excluding carboxylic acids is 2. The van der Waals surface area contributed by atoms with Crippen LogP contribution in [-0.2, 0) is 22.6 Å². The van der Waals surface area contributed by atoms with Crippen molar-refractivity contribution < 1.29 is 9.59 Å². The van der Waals surface area contributed by atoms with Crippen LogP contribution in [0, 0.1) is 5.92 Å². The van der Waals surface area contributed by atoms with Crippen LogP contribution >= 0.6 is 11.8 Å². The molecule has 0 bridgehead atoms. The van der Waals surface area contributed by atoms with Gasteiger partial charge in [-0.2, -0.15) is 0 Å². The Balaban J connectivity index is 1.43. The maximum absolute atomic E-state index is 12.7. The predicted octanol–water partition coefficient (Wildman–Crippen LogP) is 3.10. The number of primary amides is 1. The lowest BCUT2D eigenvalue weighted by molar-refractivity contribution is -0.132. The zero-order chi connectivity index (χ0) is 20.9. The number of benzene rings is 2. The number of amides is 2. The smallest absolute Gasteiger partial charge is 0.233 e. The minimum Gasteiger partial charge on any atom is -0.369 e. The summed E-state index contributed by atoms with van der Waals surface area (Å²) in [6.07, 6.45) is 2.21. The number of imidazole rings is 1. The lowest BCUT2D eigenvalue weighted by atomic mass is 9.96. The SMILES string of the molecule is NC(=O)C1CCN(C(=O)CSc2nc3ccccc3n2CCc2ccccc2)CC1. The molecule has 0 spiro atoms. The van der Waals surface area contributed by atoms with Crippen molar-refractivity contribution >= 4 is 34.6 Å². The average Bonchev–Trinajstić information content (AvgIpc) is 3.14. The molecule has 1 saturated heterocycles. The lowest BCUT2D eigenvalue weighted by Gasteiger charge is -2.30. The fraction of sp³-hybridized carbons (Fsp3) is 0.348. The number of hydrogen-bond acceptors (Lipinski definition) is 4. The van der Waals surface area contributed by atoms with E-state index in [9.17, 15) is 9.59 Å². The number of aromatic nitrogens is 2. The molecule has 1 aliphatic rings. The summed E-state index contributed by atoms with van der Waals surface area (Å²) in [5.41, 5.74) is 8.70. The van der Waals surface area contributed by atoms with E-state index < -0.39 is 0 Å². The molecule has 0 saturated carbocycles. The summed E-state index contributed by atoms with van der Waals surface area (Å²) in [5, 5.41) is 0.868. The van der Waals surface area contributed by atoms with Crippen molar-refractivity contribution in [2.45, 2.75) is 31.0 Å². The number of nitrogens with two attached hydrogens (primary N) is 1. The first-order valence-corrected chi connectivity index (χ1v) is 11.3. The summed E-state index contributed by atoms with van der Waals surface area (Å²) in [4.78, 5) is 30.6. The van der Waals surface area contributed by atoms with Crippen molar-refractivity contribution in [3.05, 3.63) is 60.2 Å². The van der Waals surface area contributed by atoms with Crippen LogP contribution in [0.1, 0.15) is 18.4 Å². The molecule has 0 aliphatic carbocycles. The summed E-state index contributed by atoms with van der Waals surface area (Å²) >= 11 is 1.49. The van der Waals surface area contributed by atoms with Crippen LogP contribution in [-0.4, -0.2) is 45.1 Å². The highest BCUT2D eigenvalue weighted by Crippen LogP contribution is 2.26. The molecule has 156 valence electrons. The molecule has 7 heteroatoms. The van der Waals surface area contributed by atoms with E-state index >= 15 is 0 Å². The maximum Gasteiger partial charge on any atom is 0.233 e. The van der Waals surface area contributed by atoms with E-state index in [2.05, 4.69) is 34.9 Å². The molecule has 1 aliphatic heterocycles. The summed E-state index contributed by atoms with van der Waals surface area (Å²) in [6, 6.07) is 18.5. The Morgan fingerprint density at radius 3 is 2.47 bits per heavy atom. The predicted molar refractivity (Wildman–Crippen MR) is 119 cm³/mol. The highest BCUT2D eigenvalue weighted by Gasteiger charge is 2.26. The Morgan fingerprint density at radius 1 is 1.03 bits per heavy atom. The van der Waals surface area contributed by atoms with Crippen LogP contribution in [0.2, 0.25) is 0 Å². The topological polar surface area (TPSA) is 81.2 Å². The number of piperidine rings is 1. The van der Waals surface area contributed by atoms with Crippen LogP contribution < -0.4 is 5.73 Å². The Kier molecular flexibility index (Phi) is 6.38. The average molecular weight is 423 g/mol. The molecule has 2 heterocycles. The van der Waals surface area contributed by atoms with Gasteiger partial charge in [-0.05, 0) is 37.0 Å². The van der Waals surface area contributed by atoms with Gasteiger partial charge in [-0.3, -0.25) is 9.59 Å². The molecular formula is C23H26N4O2S. The molecule has 3 aromatic rings. The number of fused-ring (bicyclic) bond motifs is 1. The van der Waals surface area contributed by atoms with Gasteiger partial charge in [0, 0.05) is 25.6 Å². The number of aryl methyl sites for hydroxylation is 2. The van der Waals surface area contributed by atoms with Gasteiger partial charge in [-0.15, -0.1) is 0 Å². The molecule has 0 atom stereocenters. The Labute approximate surface area is 180 Å². The standard InChI is InChI=1S/C23H26N4O2S/c24-22(29)18-11-13-26(14-12-18)21(28)16-30-23-25-19-8-4-5-9-20(19)27(23)15-10-17-6-2-1-3-7-17/h1-9,18H,10-16H2,(H2,24,29). The molecule has 2 amide bonds. The van der Waals surface area contributed by atoms with Crippen molar-refractivity contribution in [2.75, 3.05) is 18.8 Å². The van der Waals surface area contributed by atoms with E-state index in [0.717, 1.165) is 29.2 Å². The number of para-hydroxylation sites is 2. The van der Waals surface area contributed by atoms with Crippen molar-refractivity contribution in [2.24, 2.45) is 11.7 Å². The van der Waals surface area contributed by atoms with Gasteiger partial charge in [0.25, 0.3) is 0 Å². The molecule has 4 rings (SSSR count). The Bertz CT molecular complexity index is 1030. The number of thioether (sulfide) groups is 1. The summed E-state index contributed by atoms with van der Waals surface area (Å²) in [7, 11) is 0. The largest absolute Gasteiger partial charge is 0.369 e. The van der Waals surface area contributed by atoms with Gasteiger partial charge < -0.3 is 15.2 Å². The summed E-state index contributed by atoms with van der Waals surface area (Å²) in [6.45, 7) is 2.00. The van der Waals surface area contributed by atoms with Gasteiger partial charge in [-0.1, -0.05) is 54.2 Å². The molecule has 1 fully saturated rings. The van der Waals surface area contributed by atoms with Gasteiger partial charge >= 0.3 is 0 Å². The fourth-order valence-corrected chi connectivity index (χ4v) is 4.84. The minimum absolute atomic E-state index is 0.0876. The van der Waals surface area contributed by atoms with Crippen molar-refractivity contribution in [3.8, 4) is 0 Å². The van der Waals surface area contributed by atoms with Gasteiger partial charge in [0.05, 0.1) is 16.8 Å². The Hall–Kier alpha value is -2.80. The first-order valence-electron chi connectivity index (χ1n) is 10.3. The number of hydrogen-bond donors (Lipinski definition) is 1. The van der Waals surface area contributed by atoms with Gasteiger partial charge in [0.2, 0.25) is 11.8 Å². The second kappa shape index (κ2) is 9.34. The molecular weight excluding hydrogens is 396 g/mol. The summed E-state index contributed by atoms with van der Waals surface area (Å²) < 4.78 is 2.21.